The number of nitrogens with zero attached hydrogens (tertiary/aromatic N) is 2. The summed E-state index contributed by atoms with van der Waals surface area (Å²) < 4.78 is 9.74. The van der Waals surface area contributed by atoms with Crippen LogP contribution >= 0.6 is 0 Å². The second-order valence-electron chi connectivity index (χ2n) is 4.70. The zero-order valence-corrected chi connectivity index (χ0v) is 12.9. The first-order chi connectivity index (χ1) is 11.1. The van der Waals surface area contributed by atoms with Gasteiger partial charge >= 0.3 is 5.97 Å². The molecule has 0 spiro atoms. The highest BCUT2D eigenvalue weighted by atomic mass is 16.5. The van der Waals surface area contributed by atoms with Crippen molar-refractivity contribution in [3.8, 4) is 5.88 Å². The Labute approximate surface area is 133 Å². The van der Waals surface area contributed by atoms with Gasteiger partial charge in [-0.15, -0.1) is 0 Å². The van der Waals surface area contributed by atoms with Crippen LogP contribution in [0.15, 0.2) is 42.9 Å². The van der Waals surface area contributed by atoms with Crippen LogP contribution in [0.5, 0.6) is 5.88 Å². The maximum atomic E-state index is 12.2. The minimum atomic E-state index is -0.809. The van der Waals surface area contributed by atoms with Gasteiger partial charge in [-0.25, -0.2) is 9.78 Å². The zero-order chi connectivity index (χ0) is 16.7. The summed E-state index contributed by atoms with van der Waals surface area (Å²) in [6.45, 7) is 0. The lowest BCUT2D eigenvalue weighted by Crippen LogP contribution is -2.43. The fraction of sp³-hybridized carbons (Fsp3) is 0.250. The number of hydrogen-bond donors (Lipinski definition) is 1. The van der Waals surface area contributed by atoms with Crippen molar-refractivity contribution < 1.29 is 19.1 Å². The highest BCUT2D eigenvalue weighted by Gasteiger charge is 2.22. The molecule has 7 heteroatoms. The van der Waals surface area contributed by atoms with Gasteiger partial charge in [-0.05, 0) is 17.7 Å². The standard InChI is InChI=1S/C16H17N3O4/c1-22-14-4-3-11(10-18-14)9-13(16(21)23-2)19-15(20)12-5-7-17-8-6-12/h3-8,10,13H,9H2,1-2H3,(H,19,20)/t13-/m0/s1. The minimum Gasteiger partial charge on any atom is -0.481 e. The van der Waals surface area contributed by atoms with Crippen molar-refractivity contribution in [3.05, 3.63) is 54.0 Å². The Morgan fingerprint density at radius 2 is 1.91 bits per heavy atom. The molecule has 0 bridgehead atoms. The van der Waals surface area contributed by atoms with Crippen LogP contribution in [0, 0.1) is 0 Å². The third-order valence-electron chi connectivity index (χ3n) is 3.18. The molecule has 0 saturated heterocycles. The number of hydrogen-bond acceptors (Lipinski definition) is 6. The van der Waals surface area contributed by atoms with Crippen LogP contribution in [-0.4, -0.2) is 42.1 Å². The van der Waals surface area contributed by atoms with E-state index in [4.69, 9.17) is 9.47 Å². The molecule has 0 saturated carbocycles. The molecule has 0 unspecified atom stereocenters. The maximum Gasteiger partial charge on any atom is 0.328 e. The number of aromatic nitrogens is 2. The third-order valence-corrected chi connectivity index (χ3v) is 3.18. The number of carbonyl (C=O) groups is 2. The molecule has 1 amide bonds. The number of ether oxygens (including phenoxy) is 2. The van der Waals surface area contributed by atoms with E-state index in [-0.39, 0.29) is 12.3 Å². The summed E-state index contributed by atoms with van der Waals surface area (Å²) >= 11 is 0. The Kier molecular flexibility index (Phi) is 5.62. The molecule has 0 radical (unpaired) electrons. The number of rotatable bonds is 6. The van der Waals surface area contributed by atoms with Gasteiger partial charge in [0.2, 0.25) is 5.88 Å². The maximum absolute atomic E-state index is 12.2. The highest BCUT2D eigenvalue weighted by Crippen LogP contribution is 2.10. The second-order valence-corrected chi connectivity index (χ2v) is 4.70. The summed E-state index contributed by atoms with van der Waals surface area (Å²) in [6, 6.07) is 5.79. The smallest absolute Gasteiger partial charge is 0.328 e. The van der Waals surface area contributed by atoms with Crippen LogP contribution in [0.25, 0.3) is 0 Å². The van der Waals surface area contributed by atoms with E-state index in [0.717, 1.165) is 5.56 Å². The Morgan fingerprint density at radius 1 is 1.17 bits per heavy atom. The first-order valence-corrected chi connectivity index (χ1v) is 6.91. The van der Waals surface area contributed by atoms with E-state index in [1.807, 2.05) is 0 Å². The Hall–Kier alpha value is -2.96. The number of methoxy groups -OCH3 is 2. The van der Waals surface area contributed by atoms with Crippen molar-refractivity contribution in [1.29, 1.82) is 0 Å². The lowest BCUT2D eigenvalue weighted by atomic mass is 10.1. The summed E-state index contributed by atoms with van der Waals surface area (Å²) in [4.78, 5) is 32.0. The third kappa shape index (κ3) is 4.50. The van der Waals surface area contributed by atoms with E-state index < -0.39 is 12.0 Å². The Bertz CT molecular complexity index is 659. The van der Waals surface area contributed by atoms with Crippen LogP contribution in [-0.2, 0) is 16.0 Å². The average molecular weight is 315 g/mol. The molecule has 0 aliphatic carbocycles. The quantitative estimate of drug-likeness (QED) is 0.800. The minimum absolute atomic E-state index is 0.264. The first kappa shape index (κ1) is 16.4. The predicted molar refractivity (Wildman–Crippen MR) is 82.0 cm³/mol. The average Bonchev–Trinajstić information content (AvgIpc) is 2.61. The van der Waals surface area contributed by atoms with E-state index >= 15 is 0 Å². The molecule has 2 rings (SSSR count). The monoisotopic (exact) mass is 315 g/mol. The number of pyridine rings is 2. The van der Waals surface area contributed by atoms with Crippen LogP contribution in [0.4, 0.5) is 0 Å². The van der Waals surface area contributed by atoms with E-state index in [2.05, 4.69) is 15.3 Å². The Balaban J connectivity index is 2.10. The number of amides is 1. The SMILES string of the molecule is COC(=O)[C@H](Cc1ccc(OC)nc1)NC(=O)c1ccncc1. The molecule has 2 aromatic heterocycles. The summed E-state index contributed by atoms with van der Waals surface area (Å²) in [5.41, 5.74) is 1.19. The second kappa shape index (κ2) is 7.88. The fourth-order valence-electron chi connectivity index (χ4n) is 1.97. The number of nitrogens with one attached hydrogen (secondary N) is 1. The van der Waals surface area contributed by atoms with E-state index in [1.54, 1.807) is 30.5 Å². The van der Waals surface area contributed by atoms with Gasteiger partial charge < -0.3 is 14.8 Å². The van der Waals surface area contributed by atoms with Crippen LogP contribution in [0.3, 0.4) is 0 Å². The molecular weight excluding hydrogens is 298 g/mol. The predicted octanol–water partition coefficient (Wildman–Crippen LogP) is 0.999. The van der Waals surface area contributed by atoms with Gasteiger partial charge in [0.05, 0.1) is 14.2 Å². The van der Waals surface area contributed by atoms with Crippen molar-refractivity contribution in [2.45, 2.75) is 12.5 Å². The first-order valence-electron chi connectivity index (χ1n) is 6.91. The van der Waals surface area contributed by atoms with E-state index in [9.17, 15) is 9.59 Å². The molecule has 7 nitrogen and oxygen atoms in total. The molecule has 2 aromatic rings. The molecule has 0 aliphatic rings. The number of esters is 1. The molecule has 2 heterocycles. The number of carbonyl (C=O) groups excluding carboxylic acids is 2. The molecule has 23 heavy (non-hydrogen) atoms. The van der Waals surface area contributed by atoms with Gasteiger partial charge in [-0.2, -0.15) is 0 Å². The Morgan fingerprint density at radius 3 is 2.48 bits per heavy atom. The van der Waals surface area contributed by atoms with Crippen LogP contribution in [0.2, 0.25) is 0 Å². The van der Waals surface area contributed by atoms with Crippen molar-refractivity contribution in [3.63, 3.8) is 0 Å². The van der Waals surface area contributed by atoms with Gasteiger partial charge in [0, 0.05) is 36.6 Å². The summed E-state index contributed by atoms with van der Waals surface area (Å²) in [7, 11) is 2.80. The molecule has 120 valence electrons. The van der Waals surface area contributed by atoms with Gasteiger partial charge in [-0.1, -0.05) is 6.07 Å². The van der Waals surface area contributed by atoms with Crippen molar-refractivity contribution >= 4 is 11.9 Å². The van der Waals surface area contributed by atoms with Crippen molar-refractivity contribution in [1.82, 2.24) is 15.3 Å². The highest BCUT2D eigenvalue weighted by molar-refractivity contribution is 5.96. The molecular formula is C16H17N3O4. The topological polar surface area (TPSA) is 90.4 Å². The van der Waals surface area contributed by atoms with Gasteiger partial charge in [0.1, 0.15) is 6.04 Å². The van der Waals surface area contributed by atoms with Crippen molar-refractivity contribution in [2.75, 3.05) is 14.2 Å². The van der Waals surface area contributed by atoms with Crippen LogP contribution < -0.4 is 10.1 Å². The van der Waals surface area contributed by atoms with E-state index in [1.165, 1.54) is 26.6 Å². The lowest BCUT2D eigenvalue weighted by molar-refractivity contribution is -0.142. The summed E-state index contributed by atoms with van der Waals surface area (Å²) in [6.07, 6.45) is 4.87. The van der Waals surface area contributed by atoms with Gasteiger partial charge in [-0.3, -0.25) is 9.78 Å². The van der Waals surface area contributed by atoms with Crippen LogP contribution in [0.1, 0.15) is 15.9 Å². The summed E-state index contributed by atoms with van der Waals surface area (Å²) in [5, 5.41) is 2.66. The molecule has 1 atom stereocenters. The largest absolute Gasteiger partial charge is 0.481 e. The van der Waals surface area contributed by atoms with E-state index in [0.29, 0.717) is 11.4 Å². The van der Waals surface area contributed by atoms with Gasteiger partial charge in [0.25, 0.3) is 5.91 Å². The normalized spacial score (nSPS) is 11.4. The fourth-order valence-corrected chi connectivity index (χ4v) is 1.97. The summed E-state index contributed by atoms with van der Waals surface area (Å²) in [5.74, 6) is -0.420. The molecule has 1 N–H and O–H groups in total. The molecule has 0 fully saturated rings. The lowest BCUT2D eigenvalue weighted by Gasteiger charge is -2.16. The van der Waals surface area contributed by atoms with Gasteiger partial charge in [0.15, 0.2) is 0 Å². The zero-order valence-electron chi connectivity index (χ0n) is 12.9. The molecule has 0 aliphatic heterocycles. The molecule has 0 aromatic carbocycles. The van der Waals surface area contributed by atoms with Crippen molar-refractivity contribution in [2.24, 2.45) is 0 Å².